The molecule has 1 aliphatic heterocycles. The van der Waals surface area contributed by atoms with E-state index in [9.17, 15) is 8.42 Å². The average molecular weight is 234 g/mol. The molecular weight excluding hydrogens is 212 g/mol. The van der Waals surface area contributed by atoms with Gasteiger partial charge < -0.3 is 5.32 Å². The molecule has 0 saturated carbocycles. The summed E-state index contributed by atoms with van der Waals surface area (Å²) in [6.07, 6.45) is 5.58. The van der Waals surface area contributed by atoms with Crippen LogP contribution >= 0.6 is 0 Å². The third-order valence-electron chi connectivity index (χ3n) is 2.89. The van der Waals surface area contributed by atoms with Gasteiger partial charge in [-0.05, 0) is 25.8 Å². The van der Waals surface area contributed by atoms with Crippen molar-refractivity contribution in [2.24, 2.45) is 0 Å². The van der Waals surface area contributed by atoms with E-state index in [2.05, 4.69) is 12.2 Å². The zero-order chi connectivity index (χ0) is 11.3. The molecule has 0 spiro atoms. The third-order valence-corrected chi connectivity index (χ3v) is 4.19. The van der Waals surface area contributed by atoms with Crippen LogP contribution in [0.1, 0.15) is 32.6 Å². The molecule has 1 N–H and O–H groups in total. The Hall–Kier alpha value is -0.130. The molecule has 15 heavy (non-hydrogen) atoms. The summed E-state index contributed by atoms with van der Waals surface area (Å²) in [7, 11) is -2.97. The van der Waals surface area contributed by atoms with Gasteiger partial charge >= 0.3 is 0 Å². The molecule has 0 aromatic heterocycles. The first-order chi connectivity index (χ1) is 7.04. The van der Waals surface area contributed by atoms with Crippen LogP contribution in [0.3, 0.4) is 0 Å². The van der Waals surface area contributed by atoms with Crippen molar-refractivity contribution < 1.29 is 8.42 Å². The van der Waals surface area contributed by atoms with E-state index in [1.807, 2.05) is 0 Å². The molecule has 1 fully saturated rings. The Morgan fingerprint density at radius 1 is 1.33 bits per heavy atom. The molecule has 5 heteroatoms. The summed E-state index contributed by atoms with van der Waals surface area (Å²) in [5, 5.41) is 3.47. The highest BCUT2D eigenvalue weighted by atomic mass is 32.2. The second kappa shape index (κ2) is 5.82. The van der Waals surface area contributed by atoms with E-state index >= 15 is 0 Å². The van der Waals surface area contributed by atoms with Crippen molar-refractivity contribution >= 4 is 10.0 Å². The second-order valence-electron chi connectivity index (χ2n) is 4.24. The van der Waals surface area contributed by atoms with E-state index < -0.39 is 10.0 Å². The lowest BCUT2D eigenvalue weighted by Crippen LogP contribution is -2.44. The third kappa shape index (κ3) is 4.49. The van der Waals surface area contributed by atoms with Crippen LogP contribution in [0.4, 0.5) is 0 Å². The molecule has 0 radical (unpaired) electrons. The van der Waals surface area contributed by atoms with E-state index in [-0.39, 0.29) is 0 Å². The Morgan fingerprint density at radius 2 is 1.93 bits per heavy atom. The maximum atomic E-state index is 11.3. The molecule has 1 heterocycles. The van der Waals surface area contributed by atoms with Crippen LogP contribution < -0.4 is 5.32 Å². The van der Waals surface area contributed by atoms with Crippen LogP contribution in [0.5, 0.6) is 0 Å². The summed E-state index contributed by atoms with van der Waals surface area (Å²) < 4.78 is 24.1. The molecule has 0 aliphatic carbocycles. The highest BCUT2D eigenvalue weighted by Gasteiger charge is 2.24. The fraction of sp³-hybridized carbons (Fsp3) is 1.00. The van der Waals surface area contributed by atoms with E-state index in [0.29, 0.717) is 19.1 Å². The van der Waals surface area contributed by atoms with Crippen LogP contribution in [-0.4, -0.2) is 44.7 Å². The largest absolute Gasteiger partial charge is 0.314 e. The minimum absolute atomic E-state index is 0.509. The number of unbranched alkanes of at least 4 members (excludes halogenated alkanes) is 1. The quantitative estimate of drug-likeness (QED) is 0.716. The minimum atomic E-state index is -2.97. The molecule has 4 nitrogen and oxygen atoms in total. The summed E-state index contributed by atoms with van der Waals surface area (Å²) in [5.74, 6) is 0. The molecule has 1 aliphatic rings. The number of piperidine rings is 1. The van der Waals surface area contributed by atoms with Crippen molar-refractivity contribution in [2.45, 2.75) is 38.6 Å². The van der Waals surface area contributed by atoms with E-state index in [0.717, 1.165) is 19.4 Å². The van der Waals surface area contributed by atoms with Crippen LogP contribution in [0.25, 0.3) is 0 Å². The van der Waals surface area contributed by atoms with Gasteiger partial charge in [-0.3, -0.25) is 0 Å². The molecule has 0 bridgehead atoms. The molecular formula is C10H22N2O2S. The minimum Gasteiger partial charge on any atom is -0.314 e. The molecule has 0 atom stereocenters. The molecule has 0 aromatic carbocycles. The topological polar surface area (TPSA) is 49.4 Å². The van der Waals surface area contributed by atoms with Crippen molar-refractivity contribution in [1.29, 1.82) is 0 Å². The Labute approximate surface area is 93.1 Å². The molecule has 1 rings (SSSR count). The summed E-state index contributed by atoms with van der Waals surface area (Å²) >= 11 is 0. The predicted molar refractivity (Wildman–Crippen MR) is 62.3 cm³/mol. The number of rotatable bonds is 5. The summed E-state index contributed by atoms with van der Waals surface area (Å²) in [5.41, 5.74) is 0. The van der Waals surface area contributed by atoms with Crippen LogP contribution in [-0.2, 0) is 10.0 Å². The zero-order valence-corrected chi connectivity index (χ0v) is 10.5. The Kier molecular flexibility index (Phi) is 5.02. The van der Waals surface area contributed by atoms with E-state index in [4.69, 9.17) is 0 Å². The highest BCUT2D eigenvalue weighted by molar-refractivity contribution is 7.88. The van der Waals surface area contributed by atoms with Crippen molar-refractivity contribution in [1.82, 2.24) is 9.62 Å². The van der Waals surface area contributed by atoms with Gasteiger partial charge in [-0.25, -0.2) is 12.7 Å². The van der Waals surface area contributed by atoms with Crippen molar-refractivity contribution in [2.75, 3.05) is 25.9 Å². The van der Waals surface area contributed by atoms with Crippen molar-refractivity contribution in [3.8, 4) is 0 Å². The molecule has 1 saturated heterocycles. The van der Waals surface area contributed by atoms with E-state index in [1.165, 1.54) is 19.1 Å². The number of nitrogens with zero attached hydrogens (tertiary/aromatic N) is 1. The van der Waals surface area contributed by atoms with Gasteiger partial charge in [-0.1, -0.05) is 13.3 Å². The van der Waals surface area contributed by atoms with Gasteiger partial charge in [0.2, 0.25) is 10.0 Å². The molecule has 0 amide bonds. The Bertz CT molecular complexity index is 269. The van der Waals surface area contributed by atoms with Gasteiger partial charge in [-0.2, -0.15) is 0 Å². The van der Waals surface area contributed by atoms with Gasteiger partial charge in [0.15, 0.2) is 0 Å². The van der Waals surface area contributed by atoms with Crippen molar-refractivity contribution in [3.05, 3.63) is 0 Å². The number of hydrogen-bond acceptors (Lipinski definition) is 3. The zero-order valence-electron chi connectivity index (χ0n) is 9.70. The average Bonchev–Trinajstić information content (AvgIpc) is 2.18. The molecule has 0 aromatic rings. The van der Waals surface area contributed by atoms with Gasteiger partial charge in [0.05, 0.1) is 6.26 Å². The standard InChI is InChI=1S/C10H22N2O2S/c1-3-4-7-11-10-5-8-12(9-6-10)15(2,13)14/h10-11H,3-9H2,1-2H3. The van der Waals surface area contributed by atoms with Crippen LogP contribution in [0.15, 0.2) is 0 Å². The first-order valence-corrected chi connectivity index (χ1v) is 7.57. The van der Waals surface area contributed by atoms with Gasteiger partial charge in [0, 0.05) is 19.1 Å². The lowest BCUT2D eigenvalue weighted by Gasteiger charge is -2.30. The maximum absolute atomic E-state index is 11.3. The fourth-order valence-electron chi connectivity index (χ4n) is 1.87. The maximum Gasteiger partial charge on any atom is 0.211 e. The summed E-state index contributed by atoms with van der Waals surface area (Å²) in [4.78, 5) is 0. The lowest BCUT2D eigenvalue weighted by atomic mass is 10.1. The smallest absolute Gasteiger partial charge is 0.211 e. The number of sulfonamides is 1. The first-order valence-electron chi connectivity index (χ1n) is 5.72. The Morgan fingerprint density at radius 3 is 2.40 bits per heavy atom. The Balaban J connectivity index is 2.24. The monoisotopic (exact) mass is 234 g/mol. The van der Waals surface area contributed by atoms with Crippen molar-refractivity contribution in [3.63, 3.8) is 0 Å². The highest BCUT2D eigenvalue weighted by Crippen LogP contribution is 2.12. The van der Waals surface area contributed by atoms with E-state index in [1.54, 1.807) is 4.31 Å². The van der Waals surface area contributed by atoms with Crippen LogP contribution in [0, 0.1) is 0 Å². The lowest BCUT2D eigenvalue weighted by molar-refractivity contribution is 0.290. The fourth-order valence-corrected chi connectivity index (χ4v) is 2.75. The number of hydrogen-bond donors (Lipinski definition) is 1. The second-order valence-corrected chi connectivity index (χ2v) is 6.23. The summed E-state index contributed by atoms with van der Waals surface area (Å²) in [6.45, 7) is 4.57. The molecule has 90 valence electrons. The van der Waals surface area contributed by atoms with Gasteiger partial charge in [0.25, 0.3) is 0 Å². The summed E-state index contributed by atoms with van der Waals surface area (Å²) in [6, 6.07) is 0.509. The number of nitrogens with one attached hydrogen (secondary N) is 1. The SMILES string of the molecule is CCCCNC1CCN(S(C)(=O)=O)CC1. The normalized spacial score (nSPS) is 20.7. The van der Waals surface area contributed by atoms with Crippen LogP contribution in [0.2, 0.25) is 0 Å². The van der Waals surface area contributed by atoms with Gasteiger partial charge in [0.1, 0.15) is 0 Å². The first kappa shape index (κ1) is 12.9. The predicted octanol–water partition coefficient (Wildman–Crippen LogP) is 0.800. The van der Waals surface area contributed by atoms with Gasteiger partial charge in [-0.15, -0.1) is 0 Å². The molecule has 0 unspecified atom stereocenters.